The van der Waals surface area contributed by atoms with Gasteiger partial charge in [-0.15, -0.1) is 0 Å². The van der Waals surface area contributed by atoms with Crippen molar-refractivity contribution in [2.75, 3.05) is 13.1 Å². The molecule has 0 spiro atoms. The molecule has 0 bridgehead atoms. The van der Waals surface area contributed by atoms with Crippen LogP contribution in [0.5, 0.6) is 0 Å². The van der Waals surface area contributed by atoms with E-state index in [4.69, 9.17) is 0 Å². The Labute approximate surface area is 64.2 Å². The summed E-state index contributed by atoms with van der Waals surface area (Å²) in [6, 6.07) is 0. The maximum Gasteiger partial charge on any atom is 0.00135 e. The highest BCUT2D eigenvalue weighted by molar-refractivity contribution is 4.94. The molecule has 0 saturated heterocycles. The molecule has 1 heteroatoms. The first kappa shape index (κ1) is 8.06. The summed E-state index contributed by atoms with van der Waals surface area (Å²) in [5.74, 6) is 1.74. The van der Waals surface area contributed by atoms with Crippen LogP contribution in [0.3, 0.4) is 0 Å². The van der Waals surface area contributed by atoms with E-state index in [-0.39, 0.29) is 0 Å². The summed E-state index contributed by atoms with van der Waals surface area (Å²) in [7, 11) is 0. The van der Waals surface area contributed by atoms with E-state index in [1.54, 1.807) is 5.92 Å². The van der Waals surface area contributed by atoms with Crippen molar-refractivity contribution in [3.05, 3.63) is 5.92 Å². The van der Waals surface area contributed by atoms with E-state index in [1.807, 2.05) is 0 Å². The summed E-state index contributed by atoms with van der Waals surface area (Å²) in [5, 5.41) is 3.38. The van der Waals surface area contributed by atoms with Crippen LogP contribution in [-0.2, 0) is 0 Å². The molecule has 0 aromatic heterocycles. The Kier molecular flexibility index (Phi) is 3.81. The minimum atomic E-state index is 1.11. The molecule has 0 amide bonds. The second-order valence-corrected chi connectivity index (χ2v) is 3.09. The van der Waals surface area contributed by atoms with Gasteiger partial charge in [0.1, 0.15) is 0 Å². The number of nitrogens with one attached hydrogen (secondary N) is 1. The predicted molar refractivity (Wildman–Crippen MR) is 44.9 cm³/mol. The molecule has 1 saturated carbocycles. The number of hydrogen-bond acceptors (Lipinski definition) is 1. The molecule has 1 rings (SSSR count). The van der Waals surface area contributed by atoms with Crippen LogP contribution in [0.4, 0.5) is 0 Å². The summed E-state index contributed by atoms with van der Waals surface area (Å²) in [6.07, 6.45) is 7.08. The van der Waals surface area contributed by atoms with Crippen LogP contribution >= 0.6 is 0 Å². The van der Waals surface area contributed by atoms with E-state index >= 15 is 0 Å². The first-order valence-corrected chi connectivity index (χ1v) is 4.47. The molecule has 0 aromatic carbocycles. The van der Waals surface area contributed by atoms with Crippen molar-refractivity contribution in [2.24, 2.45) is 0 Å². The highest BCUT2D eigenvalue weighted by atomic mass is 14.8. The summed E-state index contributed by atoms with van der Waals surface area (Å²) >= 11 is 0. The molecular weight excluding hydrogens is 122 g/mol. The lowest BCUT2D eigenvalue weighted by Crippen LogP contribution is -2.22. The fourth-order valence-electron chi connectivity index (χ4n) is 1.53. The molecule has 59 valence electrons. The number of rotatable bonds is 3. The molecular formula is C9H18N. The largest absolute Gasteiger partial charge is 0.316 e. The third-order valence-electron chi connectivity index (χ3n) is 2.19. The van der Waals surface area contributed by atoms with Crippen molar-refractivity contribution in [1.29, 1.82) is 0 Å². The fourth-order valence-corrected chi connectivity index (χ4v) is 1.53. The molecule has 0 aromatic rings. The standard InChI is InChI=1S/C9H18N/c1-2-10-8-9-6-4-3-5-7-9/h10H,2-8H2,1H3. The first-order valence-electron chi connectivity index (χ1n) is 4.47. The van der Waals surface area contributed by atoms with E-state index in [1.165, 1.54) is 38.6 Å². The van der Waals surface area contributed by atoms with Crippen LogP contribution in [0.25, 0.3) is 0 Å². The van der Waals surface area contributed by atoms with Crippen LogP contribution in [-0.4, -0.2) is 13.1 Å². The molecule has 0 atom stereocenters. The van der Waals surface area contributed by atoms with Crippen molar-refractivity contribution in [3.8, 4) is 0 Å². The van der Waals surface area contributed by atoms with Crippen molar-refractivity contribution in [2.45, 2.75) is 39.0 Å². The quantitative estimate of drug-likeness (QED) is 0.633. The van der Waals surface area contributed by atoms with Crippen molar-refractivity contribution >= 4 is 0 Å². The minimum Gasteiger partial charge on any atom is -0.316 e. The van der Waals surface area contributed by atoms with Gasteiger partial charge < -0.3 is 5.32 Å². The minimum absolute atomic E-state index is 1.11. The zero-order valence-electron chi connectivity index (χ0n) is 6.95. The average Bonchev–Trinajstić information content (AvgIpc) is 2.03. The van der Waals surface area contributed by atoms with E-state index in [0.717, 1.165) is 6.54 Å². The molecule has 0 aliphatic heterocycles. The zero-order chi connectivity index (χ0) is 7.23. The Morgan fingerprint density at radius 3 is 2.50 bits per heavy atom. The van der Waals surface area contributed by atoms with Gasteiger partial charge in [-0.25, -0.2) is 0 Å². The third-order valence-corrected chi connectivity index (χ3v) is 2.19. The SMILES string of the molecule is CCNC[C]1CCCCC1. The lowest BCUT2D eigenvalue weighted by Gasteiger charge is -2.20. The second-order valence-electron chi connectivity index (χ2n) is 3.09. The highest BCUT2D eigenvalue weighted by Gasteiger charge is 2.12. The Balaban J connectivity index is 2.02. The monoisotopic (exact) mass is 140 g/mol. The molecule has 1 radical (unpaired) electrons. The molecule has 1 N–H and O–H groups in total. The lowest BCUT2D eigenvalue weighted by atomic mass is 9.89. The Hall–Kier alpha value is -0.0400. The normalized spacial score (nSPS) is 21.3. The van der Waals surface area contributed by atoms with Gasteiger partial charge in [-0.2, -0.15) is 0 Å². The van der Waals surface area contributed by atoms with E-state index < -0.39 is 0 Å². The molecule has 1 aliphatic rings. The second kappa shape index (κ2) is 4.73. The van der Waals surface area contributed by atoms with Crippen LogP contribution in [0.2, 0.25) is 0 Å². The topological polar surface area (TPSA) is 12.0 Å². The fraction of sp³-hybridized carbons (Fsp3) is 0.889. The predicted octanol–water partition coefficient (Wildman–Crippen LogP) is 2.13. The van der Waals surface area contributed by atoms with Gasteiger partial charge in [-0.05, 0) is 25.3 Å². The van der Waals surface area contributed by atoms with E-state index in [9.17, 15) is 0 Å². The third kappa shape index (κ3) is 2.70. The highest BCUT2D eigenvalue weighted by Crippen LogP contribution is 2.24. The smallest absolute Gasteiger partial charge is 0.00135 e. The van der Waals surface area contributed by atoms with E-state index in [0.29, 0.717) is 0 Å². The maximum absolute atomic E-state index is 3.38. The van der Waals surface area contributed by atoms with Gasteiger partial charge in [0.25, 0.3) is 0 Å². The van der Waals surface area contributed by atoms with Gasteiger partial charge in [0.05, 0.1) is 0 Å². The van der Waals surface area contributed by atoms with Gasteiger partial charge >= 0.3 is 0 Å². The Morgan fingerprint density at radius 2 is 1.90 bits per heavy atom. The molecule has 0 unspecified atom stereocenters. The molecule has 1 nitrogen and oxygen atoms in total. The molecule has 1 fully saturated rings. The van der Waals surface area contributed by atoms with Crippen LogP contribution in [0.15, 0.2) is 0 Å². The van der Waals surface area contributed by atoms with Gasteiger partial charge in [0, 0.05) is 6.54 Å². The van der Waals surface area contributed by atoms with Crippen LogP contribution < -0.4 is 5.32 Å². The van der Waals surface area contributed by atoms with Crippen LogP contribution in [0.1, 0.15) is 39.0 Å². The van der Waals surface area contributed by atoms with Crippen molar-refractivity contribution in [1.82, 2.24) is 5.32 Å². The molecule has 0 heterocycles. The Morgan fingerprint density at radius 1 is 1.20 bits per heavy atom. The van der Waals surface area contributed by atoms with Gasteiger partial charge in [0.2, 0.25) is 0 Å². The lowest BCUT2D eigenvalue weighted by molar-refractivity contribution is 0.503. The van der Waals surface area contributed by atoms with E-state index in [2.05, 4.69) is 12.2 Å². The van der Waals surface area contributed by atoms with Crippen LogP contribution in [0, 0.1) is 5.92 Å². The molecule has 10 heavy (non-hydrogen) atoms. The number of hydrogen-bond donors (Lipinski definition) is 1. The zero-order valence-corrected chi connectivity index (χ0v) is 6.95. The summed E-state index contributed by atoms with van der Waals surface area (Å²) in [6.45, 7) is 4.46. The first-order chi connectivity index (χ1) is 4.93. The Bertz CT molecular complexity index is 74.8. The van der Waals surface area contributed by atoms with Crippen molar-refractivity contribution < 1.29 is 0 Å². The summed E-state index contributed by atoms with van der Waals surface area (Å²) in [5.41, 5.74) is 0. The summed E-state index contributed by atoms with van der Waals surface area (Å²) in [4.78, 5) is 0. The average molecular weight is 140 g/mol. The van der Waals surface area contributed by atoms with Gasteiger partial charge in [-0.3, -0.25) is 0 Å². The summed E-state index contributed by atoms with van der Waals surface area (Å²) < 4.78 is 0. The molecule has 1 aliphatic carbocycles. The van der Waals surface area contributed by atoms with Crippen molar-refractivity contribution in [3.63, 3.8) is 0 Å². The maximum atomic E-state index is 3.38. The van der Waals surface area contributed by atoms with Gasteiger partial charge in [-0.1, -0.05) is 26.2 Å². The van der Waals surface area contributed by atoms with Gasteiger partial charge in [0.15, 0.2) is 0 Å².